The van der Waals surface area contributed by atoms with Crippen LogP contribution in [0.4, 0.5) is 0 Å². The van der Waals surface area contributed by atoms with Gasteiger partial charge < -0.3 is 40.1 Å². The maximum atomic E-state index is 10.2. The lowest BCUT2D eigenvalue weighted by Crippen LogP contribution is -2.61. The molecule has 2 rings (SSSR count). The zero-order valence-corrected chi connectivity index (χ0v) is 13.3. The van der Waals surface area contributed by atoms with Gasteiger partial charge in [-0.15, -0.1) is 0 Å². The van der Waals surface area contributed by atoms with Crippen molar-refractivity contribution in [3.8, 4) is 0 Å². The molecule has 136 valence electrons. The fourth-order valence-corrected chi connectivity index (χ4v) is 2.82. The van der Waals surface area contributed by atoms with Crippen molar-refractivity contribution in [2.75, 3.05) is 0 Å². The summed E-state index contributed by atoms with van der Waals surface area (Å²) in [6.07, 6.45) is -10.6. The summed E-state index contributed by atoms with van der Waals surface area (Å²) >= 11 is 0. The summed E-state index contributed by atoms with van der Waals surface area (Å²) in [6, 6.07) is 0. The smallest absolute Gasteiger partial charge is 0.313 e. The minimum Gasteiger partial charge on any atom is -0.388 e. The number of hydrogen-bond donors (Lipinski definition) is 6. The highest BCUT2D eigenvalue weighted by atomic mass is 16.9. The van der Waals surface area contributed by atoms with E-state index in [1.807, 2.05) is 13.8 Å². The molecule has 23 heavy (non-hydrogen) atoms. The highest BCUT2D eigenvalue weighted by molar-refractivity contribution is 4.93. The predicted octanol–water partition coefficient (Wildman–Crippen LogP) is -2.36. The normalized spacial score (nSPS) is 51.4. The van der Waals surface area contributed by atoms with Crippen LogP contribution in [0.15, 0.2) is 0 Å². The van der Waals surface area contributed by atoms with Crippen LogP contribution in [0.2, 0.25) is 0 Å². The Bertz CT molecular complexity index is 406. The molecule has 0 spiro atoms. The summed E-state index contributed by atoms with van der Waals surface area (Å²) in [4.78, 5) is 0. The Morgan fingerprint density at radius 3 is 2.09 bits per heavy atom. The lowest BCUT2D eigenvalue weighted by molar-refractivity contribution is -0.441. The summed E-state index contributed by atoms with van der Waals surface area (Å²) < 4.78 is 15.5. The monoisotopic (exact) mass is 338 g/mol. The van der Waals surface area contributed by atoms with E-state index in [4.69, 9.17) is 14.2 Å². The van der Waals surface area contributed by atoms with E-state index >= 15 is 0 Å². The first-order valence-corrected chi connectivity index (χ1v) is 7.70. The van der Waals surface area contributed by atoms with Crippen LogP contribution in [0.25, 0.3) is 0 Å². The predicted molar refractivity (Wildman–Crippen MR) is 74.7 cm³/mol. The molecular formula is C14H26O9. The van der Waals surface area contributed by atoms with Crippen molar-refractivity contribution >= 4 is 0 Å². The number of rotatable bonds is 4. The maximum Gasteiger partial charge on any atom is 0.313 e. The largest absolute Gasteiger partial charge is 0.388 e. The summed E-state index contributed by atoms with van der Waals surface area (Å²) in [5, 5.41) is 59.6. The van der Waals surface area contributed by atoms with Crippen molar-refractivity contribution < 1.29 is 44.8 Å². The molecule has 2 saturated heterocycles. The third-order valence-corrected chi connectivity index (χ3v) is 4.19. The Morgan fingerprint density at radius 1 is 1.00 bits per heavy atom. The van der Waals surface area contributed by atoms with Crippen LogP contribution >= 0.6 is 0 Å². The van der Waals surface area contributed by atoms with Crippen molar-refractivity contribution in [3.63, 3.8) is 0 Å². The standard InChI is InChI=1S/C14H26O9/c1-5(2)4-7-9(16)10(17)11(18)13(21-7)23-14(20)12(19)8(15)6(3)22-14/h5-13,15-20H,4H2,1-3H3/t6-,7-,8-,9-,10+,11-,12+,13?,14-/m1/s1. The Hall–Kier alpha value is -0.360. The van der Waals surface area contributed by atoms with Crippen molar-refractivity contribution in [2.45, 2.75) is 82.2 Å². The molecule has 2 aliphatic heterocycles. The highest BCUT2D eigenvalue weighted by Gasteiger charge is 2.57. The molecule has 9 atom stereocenters. The molecule has 2 heterocycles. The van der Waals surface area contributed by atoms with E-state index in [2.05, 4.69) is 0 Å². The quantitative estimate of drug-likeness (QED) is 0.310. The van der Waals surface area contributed by atoms with Crippen LogP contribution in [0.3, 0.4) is 0 Å². The SMILES string of the molecule is CC(C)C[C@H]1OC(O[C@]2(O)O[C@H](C)[C@@H](O)[C@@H]2O)[C@H](O)[C@@H](O)[C@@H]1O. The second-order valence-electron chi connectivity index (χ2n) is 6.65. The molecule has 6 N–H and O–H groups in total. The van der Waals surface area contributed by atoms with Crippen LogP contribution in [-0.4, -0.2) is 85.6 Å². The van der Waals surface area contributed by atoms with Crippen molar-refractivity contribution in [3.05, 3.63) is 0 Å². The van der Waals surface area contributed by atoms with E-state index in [-0.39, 0.29) is 5.92 Å². The second kappa shape index (κ2) is 6.87. The van der Waals surface area contributed by atoms with E-state index in [1.165, 1.54) is 6.92 Å². The van der Waals surface area contributed by atoms with E-state index in [0.29, 0.717) is 6.42 Å². The van der Waals surface area contributed by atoms with Gasteiger partial charge in [-0.25, -0.2) is 0 Å². The number of aliphatic hydroxyl groups excluding tert-OH is 5. The maximum absolute atomic E-state index is 10.2. The summed E-state index contributed by atoms with van der Waals surface area (Å²) in [6.45, 7) is 5.20. The summed E-state index contributed by atoms with van der Waals surface area (Å²) in [5.74, 6) is -2.45. The Labute approximate surface area is 134 Å². The molecule has 2 fully saturated rings. The molecule has 0 aromatic rings. The van der Waals surface area contributed by atoms with Gasteiger partial charge in [0.1, 0.15) is 24.4 Å². The molecule has 0 aliphatic carbocycles. The van der Waals surface area contributed by atoms with Crippen LogP contribution < -0.4 is 0 Å². The topological polar surface area (TPSA) is 149 Å². The molecule has 0 aromatic heterocycles. The van der Waals surface area contributed by atoms with E-state index in [1.54, 1.807) is 0 Å². The van der Waals surface area contributed by atoms with Crippen molar-refractivity contribution in [1.29, 1.82) is 0 Å². The Kier molecular flexibility index (Phi) is 5.66. The lowest BCUT2D eigenvalue weighted by Gasteiger charge is -2.43. The first-order chi connectivity index (χ1) is 10.6. The third kappa shape index (κ3) is 3.68. The van der Waals surface area contributed by atoms with Crippen LogP contribution in [0.5, 0.6) is 0 Å². The zero-order chi connectivity index (χ0) is 17.5. The fraction of sp³-hybridized carbons (Fsp3) is 1.00. The molecule has 2 aliphatic rings. The third-order valence-electron chi connectivity index (χ3n) is 4.19. The van der Waals surface area contributed by atoms with Crippen LogP contribution in [0, 0.1) is 5.92 Å². The molecule has 0 amide bonds. The van der Waals surface area contributed by atoms with E-state index in [9.17, 15) is 30.6 Å². The van der Waals surface area contributed by atoms with Gasteiger partial charge in [-0.3, -0.25) is 4.74 Å². The number of aliphatic hydroxyl groups is 6. The molecule has 0 radical (unpaired) electrons. The fourth-order valence-electron chi connectivity index (χ4n) is 2.82. The Balaban J connectivity index is 2.11. The summed E-state index contributed by atoms with van der Waals surface area (Å²) in [7, 11) is 0. The summed E-state index contributed by atoms with van der Waals surface area (Å²) in [5.41, 5.74) is 0. The molecular weight excluding hydrogens is 312 g/mol. The first-order valence-electron chi connectivity index (χ1n) is 7.70. The van der Waals surface area contributed by atoms with E-state index in [0.717, 1.165) is 0 Å². The first kappa shape index (κ1) is 19.0. The molecule has 9 nitrogen and oxygen atoms in total. The second-order valence-corrected chi connectivity index (χ2v) is 6.65. The zero-order valence-electron chi connectivity index (χ0n) is 13.3. The number of ether oxygens (including phenoxy) is 3. The molecule has 1 unspecified atom stereocenters. The van der Waals surface area contributed by atoms with Gasteiger partial charge in [-0.2, -0.15) is 0 Å². The van der Waals surface area contributed by atoms with Gasteiger partial charge in [0.2, 0.25) is 0 Å². The van der Waals surface area contributed by atoms with E-state index < -0.39 is 55.0 Å². The van der Waals surface area contributed by atoms with Gasteiger partial charge in [0, 0.05) is 0 Å². The lowest BCUT2D eigenvalue weighted by atomic mass is 9.93. The highest BCUT2D eigenvalue weighted by Crippen LogP contribution is 2.34. The van der Waals surface area contributed by atoms with Gasteiger partial charge in [0.25, 0.3) is 0 Å². The van der Waals surface area contributed by atoms with Crippen molar-refractivity contribution in [2.24, 2.45) is 5.92 Å². The minimum atomic E-state index is -2.59. The molecule has 0 bridgehead atoms. The molecule has 9 heteroatoms. The molecule has 0 saturated carbocycles. The number of hydrogen-bond acceptors (Lipinski definition) is 9. The van der Waals surface area contributed by atoms with Gasteiger partial charge in [0.05, 0.1) is 12.2 Å². The van der Waals surface area contributed by atoms with Gasteiger partial charge >= 0.3 is 5.97 Å². The van der Waals surface area contributed by atoms with Crippen LogP contribution in [-0.2, 0) is 14.2 Å². The van der Waals surface area contributed by atoms with Gasteiger partial charge in [-0.1, -0.05) is 13.8 Å². The van der Waals surface area contributed by atoms with Gasteiger partial charge in [0.15, 0.2) is 12.4 Å². The van der Waals surface area contributed by atoms with Gasteiger partial charge in [-0.05, 0) is 19.3 Å². The average molecular weight is 338 g/mol. The van der Waals surface area contributed by atoms with Crippen molar-refractivity contribution in [1.82, 2.24) is 0 Å². The minimum absolute atomic E-state index is 0.135. The Morgan fingerprint density at radius 2 is 1.61 bits per heavy atom. The van der Waals surface area contributed by atoms with Crippen LogP contribution in [0.1, 0.15) is 27.2 Å². The average Bonchev–Trinajstić information content (AvgIpc) is 2.65. The molecule has 0 aromatic carbocycles.